The van der Waals surface area contributed by atoms with E-state index in [0.29, 0.717) is 0 Å². The quantitative estimate of drug-likeness (QED) is 0.804. The first-order chi connectivity index (χ1) is 11.3. The van der Waals surface area contributed by atoms with E-state index in [9.17, 15) is 0 Å². The Morgan fingerprint density at radius 2 is 1.96 bits per heavy atom. The number of nitrogens with zero attached hydrogens (tertiary/aromatic N) is 4. The summed E-state index contributed by atoms with van der Waals surface area (Å²) in [5, 5.41) is 12.1. The molecule has 1 saturated heterocycles. The third-order valence-electron chi connectivity index (χ3n) is 4.39. The maximum Gasteiger partial charge on any atom is 0.162 e. The third-order valence-corrected chi connectivity index (χ3v) is 4.39. The topological polar surface area (TPSA) is 45.5 Å². The Bertz CT molecular complexity index is 817. The van der Waals surface area contributed by atoms with Gasteiger partial charge in [0.25, 0.3) is 0 Å². The molecule has 1 fully saturated rings. The second-order valence-electron chi connectivity index (χ2n) is 6.13. The molecule has 2 aromatic heterocycles. The monoisotopic (exact) mass is 307 g/mol. The first-order valence-corrected chi connectivity index (χ1v) is 8.14. The Morgan fingerprint density at radius 3 is 2.78 bits per heavy atom. The lowest BCUT2D eigenvalue weighted by atomic mass is 10.1. The zero-order chi connectivity index (χ0) is 15.6. The maximum absolute atomic E-state index is 4.39. The molecule has 1 aliphatic rings. The largest absolute Gasteiger partial charge is 0.369 e. The molecular formula is C18H21N5. The van der Waals surface area contributed by atoms with E-state index >= 15 is 0 Å². The molecule has 1 aromatic carbocycles. The summed E-state index contributed by atoms with van der Waals surface area (Å²) in [5.41, 5.74) is 4.69. The van der Waals surface area contributed by atoms with Crippen molar-refractivity contribution in [1.82, 2.24) is 19.9 Å². The van der Waals surface area contributed by atoms with Crippen molar-refractivity contribution >= 4 is 11.3 Å². The van der Waals surface area contributed by atoms with Crippen LogP contribution in [0, 0.1) is 6.92 Å². The summed E-state index contributed by atoms with van der Waals surface area (Å²) in [6, 6.07) is 12.9. The van der Waals surface area contributed by atoms with Crippen molar-refractivity contribution in [2.45, 2.75) is 13.3 Å². The molecule has 0 amide bonds. The molecule has 3 heterocycles. The highest BCUT2D eigenvalue weighted by Crippen LogP contribution is 2.18. The SMILES string of the molecule is Cc1cccc(Cc2nnc3cc(N4CCNCC4)ccn23)c1. The molecule has 1 aliphatic heterocycles. The van der Waals surface area contributed by atoms with Crippen molar-refractivity contribution in [2.75, 3.05) is 31.1 Å². The van der Waals surface area contributed by atoms with E-state index in [1.54, 1.807) is 0 Å². The number of nitrogens with one attached hydrogen (secondary N) is 1. The van der Waals surface area contributed by atoms with Crippen molar-refractivity contribution in [2.24, 2.45) is 0 Å². The van der Waals surface area contributed by atoms with E-state index in [1.165, 1.54) is 16.8 Å². The molecule has 3 aromatic rings. The fourth-order valence-corrected chi connectivity index (χ4v) is 3.17. The standard InChI is InChI=1S/C18H21N5/c1-14-3-2-4-15(11-14)12-17-20-21-18-13-16(5-8-23(17)18)22-9-6-19-7-10-22/h2-5,8,11,13,19H,6-7,9-10,12H2,1H3. The number of aromatic nitrogens is 3. The number of hydrogen-bond acceptors (Lipinski definition) is 4. The summed E-state index contributed by atoms with van der Waals surface area (Å²) in [6.45, 7) is 6.28. The summed E-state index contributed by atoms with van der Waals surface area (Å²) in [6.07, 6.45) is 2.90. The lowest BCUT2D eigenvalue weighted by Crippen LogP contribution is -2.43. The van der Waals surface area contributed by atoms with Gasteiger partial charge in [0.1, 0.15) is 5.82 Å². The second kappa shape index (κ2) is 6.01. The number of benzene rings is 1. The van der Waals surface area contributed by atoms with E-state index in [4.69, 9.17) is 0 Å². The number of anilines is 1. The van der Waals surface area contributed by atoms with Gasteiger partial charge in [-0.1, -0.05) is 29.8 Å². The fraction of sp³-hybridized carbons (Fsp3) is 0.333. The van der Waals surface area contributed by atoms with Crippen molar-refractivity contribution in [3.63, 3.8) is 0 Å². The minimum absolute atomic E-state index is 0.801. The molecule has 5 nitrogen and oxygen atoms in total. The van der Waals surface area contributed by atoms with E-state index in [1.807, 2.05) is 0 Å². The molecule has 23 heavy (non-hydrogen) atoms. The van der Waals surface area contributed by atoms with Crippen LogP contribution in [0.1, 0.15) is 17.0 Å². The summed E-state index contributed by atoms with van der Waals surface area (Å²) in [4.78, 5) is 2.39. The summed E-state index contributed by atoms with van der Waals surface area (Å²) in [7, 11) is 0. The highest BCUT2D eigenvalue weighted by Gasteiger charge is 2.13. The zero-order valence-corrected chi connectivity index (χ0v) is 13.4. The van der Waals surface area contributed by atoms with Gasteiger partial charge in [0.2, 0.25) is 0 Å². The zero-order valence-electron chi connectivity index (χ0n) is 13.4. The van der Waals surface area contributed by atoms with Gasteiger partial charge in [0.15, 0.2) is 5.65 Å². The summed E-state index contributed by atoms with van der Waals surface area (Å²) < 4.78 is 2.09. The third kappa shape index (κ3) is 2.92. The van der Waals surface area contributed by atoms with Gasteiger partial charge in [-0.3, -0.25) is 4.40 Å². The van der Waals surface area contributed by atoms with Crippen LogP contribution in [0.3, 0.4) is 0 Å². The Morgan fingerprint density at radius 1 is 1.09 bits per heavy atom. The average Bonchev–Trinajstić information content (AvgIpc) is 2.98. The first kappa shape index (κ1) is 14.2. The molecule has 0 radical (unpaired) electrons. The molecule has 4 rings (SSSR count). The molecular weight excluding hydrogens is 286 g/mol. The molecule has 0 aliphatic carbocycles. The van der Waals surface area contributed by atoms with Crippen molar-refractivity contribution in [3.05, 3.63) is 59.5 Å². The molecule has 118 valence electrons. The Balaban J connectivity index is 1.62. The van der Waals surface area contributed by atoms with Gasteiger partial charge in [-0.2, -0.15) is 0 Å². The Kier molecular flexibility index (Phi) is 3.71. The summed E-state index contributed by atoms with van der Waals surface area (Å²) >= 11 is 0. The van der Waals surface area contributed by atoms with Crippen LogP contribution in [0.15, 0.2) is 42.6 Å². The highest BCUT2D eigenvalue weighted by molar-refractivity contribution is 5.56. The highest BCUT2D eigenvalue weighted by atomic mass is 15.3. The van der Waals surface area contributed by atoms with Gasteiger partial charge in [-0.15, -0.1) is 10.2 Å². The molecule has 0 atom stereocenters. The molecule has 5 heteroatoms. The number of fused-ring (bicyclic) bond motifs is 1. The predicted molar refractivity (Wildman–Crippen MR) is 92.1 cm³/mol. The van der Waals surface area contributed by atoms with E-state index in [-0.39, 0.29) is 0 Å². The Labute approximate surface area is 136 Å². The van der Waals surface area contributed by atoms with Crippen LogP contribution in [0.2, 0.25) is 0 Å². The molecule has 0 saturated carbocycles. The van der Waals surface area contributed by atoms with Crippen LogP contribution < -0.4 is 10.2 Å². The summed E-state index contributed by atoms with van der Waals surface area (Å²) in [5.74, 6) is 0.984. The maximum atomic E-state index is 4.39. The fourth-order valence-electron chi connectivity index (χ4n) is 3.17. The molecule has 0 spiro atoms. The minimum atomic E-state index is 0.801. The van der Waals surface area contributed by atoms with E-state index in [2.05, 4.69) is 74.3 Å². The number of pyridine rings is 1. The molecule has 0 unspecified atom stereocenters. The van der Waals surface area contributed by atoms with Gasteiger partial charge in [-0.25, -0.2) is 0 Å². The van der Waals surface area contributed by atoms with Crippen molar-refractivity contribution < 1.29 is 0 Å². The molecule has 0 bridgehead atoms. The lowest BCUT2D eigenvalue weighted by molar-refractivity contribution is 0.589. The van der Waals surface area contributed by atoms with Crippen LogP contribution in [-0.4, -0.2) is 40.8 Å². The van der Waals surface area contributed by atoms with Crippen LogP contribution >= 0.6 is 0 Å². The van der Waals surface area contributed by atoms with Gasteiger partial charge < -0.3 is 10.2 Å². The Hall–Kier alpha value is -2.40. The van der Waals surface area contributed by atoms with Crippen LogP contribution in [-0.2, 0) is 6.42 Å². The van der Waals surface area contributed by atoms with Crippen molar-refractivity contribution in [1.29, 1.82) is 0 Å². The van der Waals surface area contributed by atoms with E-state index < -0.39 is 0 Å². The van der Waals surface area contributed by atoms with Gasteiger partial charge in [0.05, 0.1) is 0 Å². The number of aryl methyl sites for hydroxylation is 1. The van der Waals surface area contributed by atoms with E-state index in [0.717, 1.165) is 44.1 Å². The number of piperazine rings is 1. The van der Waals surface area contributed by atoms with Gasteiger partial charge >= 0.3 is 0 Å². The van der Waals surface area contributed by atoms with Crippen LogP contribution in [0.4, 0.5) is 5.69 Å². The van der Waals surface area contributed by atoms with Gasteiger partial charge in [0, 0.05) is 50.6 Å². The van der Waals surface area contributed by atoms with Crippen molar-refractivity contribution in [3.8, 4) is 0 Å². The first-order valence-electron chi connectivity index (χ1n) is 8.14. The van der Waals surface area contributed by atoms with Crippen LogP contribution in [0.25, 0.3) is 5.65 Å². The number of rotatable bonds is 3. The molecule has 1 N–H and O–H groups in total. The van der Waals surface area contributed by atoms with Gasteiger partial charge in [-0.05, 0) is 18.6 Å². The lowest BCUT2D eigenvalue weighted by Gasteiger charge is -2.29. The smallest absolute Gasteiger partial charge is 0.162 e. The van der Waals surface area contributed by atoms with Crippen LogP contribution in [0.5, 0.6) is 0 Å². The number of hydrogen-bond donors (Lipinski definition) is 1. The average molecular weight is 307 g/mol. The minimum Gasteiger partial charge on any atom is -0.369 e. The normalized spacial score (nSPS) is 15.3. The second-order valence-corrected chi connectivity index (χ2v) is 6.13. The predicted octanol–water partition coefficient (Wildman–Crippen LogP) is 2.04.